The van der Waals surface area contributed by atoms with E-state index in [0.717, 1.165) is 12.8 Å². The van der Waals surface area contributed by atoms with Gasteiger partial charge >= 0.3 is 6.18 Å². The minimum atomic E-state index is -4.02. The van der Waals surface area contributed by atoms with Gasteiger partial charge < -0.3 is 0 Å². The van der Waals surface area contributed by atoms with Gasteiger partial charge in [0.15, 0.2) is 0 Å². The predicted octanol–water partition coefficient (Wildman–Crippen LogP) is 8.79. The highest BCUT2D eigenvalue weighted by molar-refractivity contribution is 7.13. The monoisotopic (exact) mass is 386 g/mol. The number of aryl methyl sites for hydroxylation is 2. The van der Waals surface area contributed by atoms with Gasteiger partial charge in [-0.1, -0.05) is 44.8 Å². The zero-order chi connectivity index (χ0) is 19.7. The lowest BCUT2D eigenvalue weighted by atomic mass is 10.0. The van der Waals surface area contributed by atoms with Crippen molar-refractivity contribution in [2.45, 2.75) is 92.2 Å². The lowest BCUT2D eigenvalue weighted by Crippen LogP contribution is -2.06. The van der Waals surface area contributed by atoms with E-state index in [0.29, 0.717) is 6.42 Å². The van der Waals surface area contributed by atoms with Gasteiger partial charge in [0.05, 0.1) is 0 Å². The summed E-state index contributed by atoms with van der Waals surface area (Å²) >= 11 is 1.80. The second-order valence-corrected chi connectivity index (χ2v) is 8.43. The molecule has 0 saturated heterocycles. The van der Waals surface area contributed by atoms with Crippen LogP contribution in [0.15, 0.2) is 23.3 Å². The van der Waals surface area contributed by atoms with Crippen molar-refractivity contribution in [3.8, 4) is 0 Å². The zero-order valence-corrected chi connectivity index (χ0v) is 17.7. The molecule has 4 heteroatoms. The van der Waals surface area contributed by atoms with E-state index in [4.69, 9.17) is 0 Å². The fourth-order valence-corrected chi connectivity index (χ4v) is 4.00. The molecular formula is C22H33F3S. The number of hydrogen-bond donors (Lipinski definition) is 0. The molecule has 0 aliphatic heterocycles. The van der Waals surface area contributed by atoms with Gasteiger partial charge in [0.25, 0.3) is 0 Å². The van der Waals surface area contributed by atoms with Gasteiger partial charge in [0, 0.05) is 16.2 Å². The molecule has 2 rings (SSSR count). The third-order valence-electron chi connectivity index (χ3n) is 4.70. The van der Waals surface area contributed by atoms with Crippen LogP contribution in [-0.4, -0.2) is 6.18 Å². The topological polar surface area (TPSA) is 0 Å². The standard InChI is InChI=1S/C17H21F3S.C5H12/c1-11-9-16(21-13(11)3)15-8-12(2)14(10-15)6-4-5-7-17(18,19)20;1-3-5-4-2/h9-10H,4-8H2,1-3H3;3-5H2,1-2H3. The van der Waals surface area contributed by atoms with Crippen molar-refractivity contribution in [2.24, 2.45) is 0 Å². The molecular weight excluding hydrogens is 353 g/mol. The third-order valence-corrected chi connectivity index (χ3v) is 5.93. The Morgan fingerprint density at radius 3 is 2.12 bits per heavy atom. The second kappa shape index (κ2) is 11.0. The van der Waals surface area contributed by atoms with Crippen molar-refractivity contribution in [3.05, 3.63) is 38.6 Å². The van der Waals surface area contributed by atoms with Gasteiger partial charge in [-0.15, -0.1) is 11.3 Å². The number of rotatable bonds is 7. The van der Waals surface area contributed by atoms with Gasteiger partial charge in [0.2, 0.25) is 0 Å². The molecule has 0 nitrogen and oxygen atoms in total. The Labute approximate surface area is 161 Å². The van der Waals surface area contributed by atoms with Crippen LogP contribution >= 0.6 is 11.3 Å². The first-order chi connectivity index (χ1) is 12.2. The van der Waals surface area contributed by atoms with E-state index in [1.165, 1.54) is 51.3 Å². The maximum Gasteiger partial charge on any atom is 0.389 e. The van der Waals surface area contributed by atoms with E-state index in [1.54, 1.807) is 11.3 Å². The second-order valence-electron chi connectivity index (χ2n) is 7.18. The van der Waals surface area contributed by atoms with Gasteiger partial charge in [-0.2, -0.15) is 13.2 Å². The molecule has 0 radical (unpaired) electrons. The smallest absolute Gasteiger partial charge is 0.171 e. The van der Waals surface area contributed by atoms with Gasteiger partial charge in [-0.3, -0.25) is 0 Å². The highest BCUT2D eigenvalue weighted by Gasteiger charge is 2.26. The summed E-state index contributed by atoms with van der Waals surface area (Å²) in [5, 5.41) is 0. The minimum absolute atomic E-state index is 0.223. The molecule has 1 aromatic heterocycles. The number of alkyl halides is 3. The summed E-state index contributed by atoms with van der Waals surface area (Å²) in [4.78, 5) is 2.64. The van der Waals surface area contributed by atoms with Crippen LogP contribution in [0.4, 0.5) is 13.2 Å². The first kappa shape index (κ1) is 23.0. The Balaban J connectivity index is 0.000000597. The van der Waals surface area contributed by atoms with E-state index in [2.05, 4.69) is 46.8 Å². The van der Waals surface area contributed by atoms with E-state index < -0.39 is 12.6 Å². The molecule has 0 saturated carbocycles. The molecule has 1 aromatic rings. The van der Waals surface area contributed by atoms with Crippen LogP contribution < -0.4 is 0 Å². The quantitative estimate of drug-likeness (QED) is 0.411. The van der Waals surface area contributed by atoms with Crippen molar-refractivity contribution in [1.82, 2.24) is 0 Å². The average molecular weight is 387 g/mol. The highest BCUT2D eigenvalue weighted by atomic mass is 32.1. The number of hydrogen-bond acceptors (Lipinski definition) is 1. The molecule has 148 valence electrons. The third kappa shape index (κ3) is 8.11. The average Bonchev–Trinajstić information content (AvgIpc) is 3.08. The Kier molecular flexibility index (Phi) is 9.70. The maximum atomic E-state index is 12.1. The molecule has 26 heavy (non-hydrogen) atoms. The molecule has 0 spiro atoms. The minimum Gasteiger partial charge on any atom is -0.171 e. The van der Waals surface area contributed by atoms with Crippen LogP contribution in [0.2, 0.25) is 0 Å². The summed E-state index contributed by atoms with van der Waals surface area (Å²) in [7, 11) is 0. The van der Waals surface area contributed by atoms with E-state index >= 15 is 0 Å². The summed E-state index contributed by atoms with van der Waals surface area (Å²) in [6.07, 6.45) is 4.11. The number of allylic oxidation sites excluding steroid dienone is 4. The zero-order valence-electron chi connectivity index (χ0n) is 16.9. The Morgan fingerprint density at radius 2 is 1.65 bits per heavy atom. The van der Waals surface area contributed by atoms with Gasteiger partial charge in [0.1, 0.15) is 0 Å². The molecule has 1 heterocycles. The van der Waals surface area contributed by atoms with Crippen molar-refractivity contribution in [1.29, 1.82) is 0 Å². The molecule has 0 aromatic carbocycles. The molecule has 0 amide bonds. The highest BCUT2D eigenvalue weighted by Crippen LogP contribution is 2.38. The Bertz CT molecular complexity index is 596. The van der Waals surface area contributed by atoms with E-state index in [1.807, 2.05) is 0 Å². The molecule has 0 fully saturated rings. The first-order valence-electron chi connectivity index (χ1n) is 9.71. The van der Waals surface area contributed by atoms with Crippen LogP contribution in [0.3, 0.4) is 0 Å². The largest absolute Gasteiger partial charge is 0.389 e. The lowest BCUT2D eigenvalue weighted by Gasteiger charge is -2.06. The summed E-state index contributed by atoms with van der Waals surface area (Å²) < 4.78 is 36.4. The van der Waals surface area contributed by atoms with Crippen molar-refractivity contribution in [3.63, 3.8) is 0 Å². The van der Waals surface area contributed by atoms with Gasteiger partial charge in [-0.25, -0.2) is 0 Å². The fourth-order valence-electron chi connectivity index (χ4n) is 2.95. The SMILES string of the molecule is CC1=C(CCCCC(F)(F)F)C=C(c2cc(C)c(C)s2)C1.CCCCC. The summed E-state index contributed by atoms with van der Waals surface area (Å²) in [5.41, 5.74) is 5.17. The van der Waals surface area contributed by atoms with Crippen LogP contribution in [0.25, 0.3) is 5.57 Å². The maximum absolute atomic E-state index is 12.1. The van der Waals surface area contributed by atoms with Crippen LogP contribution in [-0.2, 0) is 0 Å². The molecule has 1 aliphatic carbocycles. The normalized spacial score (nSPS) is 14.4. The van der Waals surface area contributed by atoms with E-state index in [-0.39, 0.29) is 6.42 Å². The van der Waals surface area contributed by atoms with Crippen LogP contribution in [0.1, 0.15) is 87.5 Å². The number of halogens is 3. The Hall–Kier alpha value is -1.03. The van der Waals surface area contributed by atoms with Crippen molar-refractivity contribution >= 4 is 16.9 Å². The molecule has 0 atom stereocenters. The van der Waals surface area contributed by atoms with Crippen molar-refractivity contribution < 1.29 is 13.2 Å². The molecule has 0 N–H and O–H groups in total. The van der Waals surface area contributed by atoms with Crippen LogP contribution in [0, 0.1) is 13.8 Å². The van der Waals surface area contributed by atoms with Gasteiger partial charge in [-0.05, 0) is 69.2 Å². The number of thiophene rings is 1. The summed E-state index contributed by atoms with van der Waals surface area (Å²) in [6, 6.07) is 2.21. The number of unbranched alkanes of at least 4 members (excludes halogenated alkanes) is 3. The molecule has 1 aliphatic rings. The first-order valence-corrected chi connectivity index (χ1v) is 10.5. The van der Waals surface area contributed by atoms with Crippen molar-refractivity contribution in [2.75, 3.05) is 0 Å². The molecule has 0 unspecified atom stereocenters. The summed E-state index contributed by atoms with van der Waals surface area (Å²) in [6.45, 7) is 10.8. The lowest BCUT2D eigenvalue weighted by molar-refractivity contribution is -0.135. The fraction of sp³-hybridized carbons (Fsp3) is 0.636. The predicted molar refractivity (Wildman–Crippen MR) is 109 cm³/mol. The summed E-state index contributed by atoms with van der Waals surface area (Å²) in [5.74, 6) is 0. The van der Waals surface area contributed by atoms with E-state index in [9.17, 15) is 13.2 Å². The Morgan fingerprint density at radius 1 is 1.00 bits per heavy atom. The molecule has 0 bridgehead atoms. The van der Waals surface area contributed by atoms with Crippen LogP contribution in [0.5, 0.6) is 0 Å².